The second-order valence-electron chi connectivity index (χ2n) is 7.96. The molecule has 0 bridgehead atoms. The Hall–Kier alpha value is -3.28. The number of anilines is 1. The Morgan fingerprint density at radius 1 is 1.00 bits per heavy atom. The Bertz CT molecular complexity index is 1380. The molecule has 0 aliphatic carbocycles. The third-order valence-corrected chi connectivity index (χ3v) is 6.52. The van der Waals surface area contributed by atoms with E-state index < -0.39 is 0 Å². The number of para-hydroxylation sites is 1. The smallest absolute Gasteiger partial charge is 0.226 e. The second-order valence-corrected chi connectivity index (χ2v) is 8.80. The molecule has 1 aromatic heterocycles. The van der Waals surface area contributed by atoms with Crippen LogP contribution in [-0.4, -0.2) is 14.8 Å². The van der Waals surface area contributed by atoms with Crippen LogP contribution >= 0.6 is 23.2 Å². The number of nitrogens with one attached hydrogen (secondary N) is 1. The standard InChI is InChI=1S/C25H18Cl2N4O/c1-14-6-8-15(9-7-14)24-21-22(18-4-2-3-5-20(18)32-24)30-25-28-13-29-31(25)23(21)17-11-10-16(26)12-19(17)27/h2-13,23-24H,1H3,(H,28,29,30)/t23-,24+/m1/s1. The Kier molecular flexibility index (Phi) is 4.49. The van der Waals surface area contributed by atoms with Crippen molar-refractivity contribution in [2.45, 2.75) is 19.1 Å². The molecule has 158 valence electrons. The first-order valence-corrected chi connectivity index (χ1v) is 11.0. The molecule has 1 N–H and O–H groups in total. The summed E-state index contributed by atoms with van der Waals surface area (Å²) in [5.74, 6) is 1.47. The Morgan fingerprint density at radius 2 is 1.81 bits per heavy atom. The molecule has 0 spiro atoms. The van der Waals surface area contributed by atoms with Crippen LogP contribution in [-0.2, 0) is 0 Å². The van der Waals surface area contributed by atoms with Crippen LogP contribution in [0.25, 0.3) is 5.70 Å². The molecule has 0 unspecified atom stereocenters. The highest BCUT2D eigenvalue weighted by atomic mass is 35.5. The number of aryl methyl sites for hydroxylation is 1. The monoisotopic (exact) mass is 460 g/mol. The molecule has 2 atom stereocenters. The maximum absolute atomic E-state index is 6.71. The van der Waals surface area contributed by atoms with E-state index in [1.165, 1.54) is 5.56 Å². The topological polar surface area (TPSA) is 52.0 Å². The first-order valence-electron chi connectivity index (χ1n) is 10.3. The lowest BCUT2D eigenvalue weighted by Crippen LogP contribution is -2.32. The van der Waals surface area contributed by atoms with Crippen molar-refractivity contribution in [3.63, 3.8) is 0 Å². The van der Waals surface area contributed by atoms with Crippen LogP contribution in [0.4, 0.5) is 5.95 Å². The highest BCUT2D eigenvalue weighted by Gasteiger charge is 2.41. The van der Waals surface area contributed by atoms with E-state index in [9.17, 15) is 0 Å². The molecule has 4 aromatic rings. The van der Waals surface area contributed by atoms with Crippen LogP contribution in [0.3, 0.4) is 0 Å². The van der Waals surface area contributed by atoms with Gasteiger partial charge in [0.25, 0.3) is 0 Å². The molecule has 2 aliphatic rings. The zero-order chi connectivity index (χ0) is 21.8. The quantitative estimate of drug-likeness (QED) is 0.373. The molecule has 2 aliphatic heterocycles. The molecular formula is C25H18Cl2N4O. The highest BCUT2D eigenvalue weighted by Crippen LogP contribution is 2.51. The van der Waals surface area contributed by atoms with Crippen LogP contribution in [0.5, 0.6) is 5.75 Å². The van der Waals surface area contributed by atoms with E-state index in [1.54, 1.807) is 12.4 Å². The van der Waals surface area contributed by atoms with Crippen LogP contribution in [0.1, 0.15) is 34.4 Å². The van der Waals surface area contributed by atoms with Gasteiger partial charge in [-0.2, -0.15) is 10.1 Å². The Balaban J connectivity index is 1.64. The fraction of sp³-hybridized carbons (Fsp3) is 0.120. The second kappa shape index (κ2) is 7.40. The zero-order valence-electron chi connectivity index (χ0n) is 17.1. The lowest BCUT2D eigenvalue weighted by atomic mass is 9.84. The molecule has 3 heterocycles. The molecule has 0 amide bonds. The maximum atomic E-state index is 6.71. The number of benzene rings is 3. The number of ether oxygens (including phenoxy) is 1. The van der Waals surface area contributed by atoms with E-state index >= 15 is 0 Å². The zero-order valence-corrected chi connectivity index (χ0v) is 18.6. The van der Waals surface area contributed by atoms with E-state index in [0.717, 1.165) is 33.7 Å². The predicted molar refractivity (Wildman–Crippen MR) is 126 cm³/mol. The van der Waals surface area contributed by atoms with Gasteiger partial charge in [0.2, 0.25) is 5.95 Å². The molecule has 0 fully saturated rings. The largest absolute Gasteiger partial charge is 0.480 e. The number of aromatic nitrogens is 3. The minimum absolute atomic E-state index is 0.312. The van der Waals surface area contributed by atoms with Gasteiger partial charge in [0.15, 0.2) is 0 Å². The average molecular weight is 461 g/mol. The van der Waals surface area contributed by atoms with Gasteiger partial charge >= 0.3 is 0 Å². The van der Waals surface area contributed by atoms with Gasteiger partial charge in [-0.3, -0.25) is 0 Å². The fourth-order valence-corrected chi connectivity index (χ4v) is 4.97. The third kappa shape index (κ3) is 3.00. The molecule has 0 saturated carbocycles. The summed E-state index contributed by atoms with van der Waals surface area (Å²) in [4.78, 5) is 4.45. The van der Waals surface area contributed by atoms with E-state index in [4.69, 9.17) is 27.9 Å². The molecule has 6 rings (SSSR count). The van der Waals surface area contributed by atoms with Crippen LogP contribution in [0.15, 0.2) is 78.6 Å². The summed E-state index contributed by atoms with van der Waals surface area (Å²) >= 11 is 12.9. The number of fused-ring (bicyclic) bond motifs is 3. The molecule has 0 saturated heterocycles. The molecule has 3 aromatic carbocycles. The first-order chi connectivity index (χ1) is 15.6. The summed E-state index contributed by atoms with van der Waals surface area (Å²) in [6.45, 7) is 2.08. The van der Waals surface area contributed by atoms with Crippen LogP contribution < -0.4 is 10.1 Å². The van der Waals surface area contributed by atoms with Crippen molar-refractivity contribution >= 4 is 34.8 Å². The van der Waals surface area contributed by atoms with Crippen LogP contribution in [0.2, 0.25) is 10.0 Å². The van der Waals surface area contributed by atoms with E-state index in [-0.39, 0.29) is 12.1 Å². The number of hydrogen-bond acceptors (Lipinski definition) is 4. The SMILES string of the molecule is Cc1ccc([C@@H]2Oc3ccccc3C3=C2[C@@H](c2ccc(Cl)cc2Cl)n2ncnc2N3)cc1. The molecule has 7 heteroatoms. The molecule has 32 heavy (non-hydrogen) atoms. The van der Waals surface area contributed by atoms with Gasteiger partial charge in [-0.1, -0.05) is 71.2 Å². The number of nitrogens with zero attached hydrogens (tertiary/aromatic N) is 3. The van der Waals surface area contributed by atoms with Crippen molar-refractivity contribution < 1.29 is 4.74 Å². The normalized spacial score (nSPS) is 18.8. The van der Waals surface area contributed by atoms with Crippen molar-refractivity contribution in [1.82, 2.24) is 14.8 Å². The van der Waals surface area contributed by atoms with Crippen molar-refractivity contribution in [3.05, 3.63) is 111 Å². The van der Waals surface area contributed by atoms with Gasteiger partial charge in [0, 0.05) is 21.2 Å². The molecule has 5 nitrogen and oxygen atoms in total. The van der Waals surface area contributed by atoms with Gasteiger partial charge in [-0.25, -0.2) is 4.68 Å². The highest BCUT2D eigenvalue weighted by molar-refractivity contribution is 6.35. The summed E-state index contributed by atoms with van der Waals surface area (Å²) in [5, 5.41) is 9.18. The Labute approximate surface area is 195 Å². The lowest BCUT2D eigenvalue weighted by molar-refractivity contribution is 0.223. The number of hydrogen-bond donors (Lipinski definition) is 1. The average Bonchev–Trinajstić information content (AvgIpc) is 3.27. The summed E-state index contributed by atoms with van der Waals surface area (Å²) in [7, 11) is 0. The van der Waals surface area contributed by atoms with Gasteiger partial charge in [0.1, 0.15) is 24.2 Å². The van der Waals surface area contributed by atoms with Crippen molar-refractivity contribution in [1.29, 1.82) is 0 Å². The van der Waals surface area contributed by atoms with Gasteiger partial charge in [-0.05, 0) is 42.3 Å². The fourth-order valence-electron chi connectivity index (χ4n) is 4.46. The van der Waals surface area contributed by atoms with Crippen molar-refractivity contribution in [3.8, 4) is 5.75 Å². The first kappa shape index (κ1) is 19.4. The molecular weight excluding hydrogens is 443 g/mol. The Morgan fingerprint density at radius 3 is 2.62 bits per heavy atom. The number of halogens is 2. The van der Waals surface area contributed by atoms with E-state index in [1.807, 2.05) is 35.0 Å². The van der Waals surface area contributed by atoms with Crippen molar-refractivity contribution in [2.75, 3.05) is 5.32 Å². The van der Waals surface area contributed by atoms with Crippen LogP contribution in [0, 0.1) is 6.92 Å². The third-order valence-electron chi connectivity index (χ3n) is 5.96. The summed E-state index contributed by atoms with van der Waals surface area (Å²) in [6.07, 6.45) is 1.22. The lowest BCUT2D eigenvalue weighted by Gasteiger charge is -2.39. The number of rotatable bonds is 2. The van der Waals surface area contributed by atoms with E-state index in [0.29, 0.717) is 16.0 Å². The summed E-state index contributed by atoms with van der Waals surface area (Å²) in [6, 6.07) is 21.7. The summed E-state index contributed by atoms with van der Waals surface area (Å²) < 4.78 is 8.46. The van der Waals surface area contributed by atoms with Gasteiger partial charge < -0.3 is 10.1 Å². The van der Waals surface area contributed by atoms with Gasteiger partial charge in [0.05, 0.1) is 5.70 Å². The van der Waals surface area contributed by atoms with Crippen molar-refractivity contribution in [2.24, 2.45) is 0 Å². The minimum Gasteiger partial charge on any atom is -0.480 e. The molecule has 0 radical (unpaired) electrons. The summed E-state index contributed by atoms with van der Waals surface area (Å²) in [5.41, 5.74) is 6.10. The van der Waals surface area contributed by atoms with E-state index in [2.05, 4.69) is 52.7 Å². The minimum atomic E-state index is -0.331. The van der Waals surface area contributed by atoms with Gasteiger partial charge in [-0.15, -0.1) is 0 Å². The maximum Gasteiger partial charge on any atom is 0.226 e. The predicted octanol–water partition coefficient (Wildman–Crippen LogP) is 6.45.